The molecule has 11 heteroatoms. The van der Waals surface area contributed by atoms with Crippen molar-refractivity contribution < 1.29 is 41.4 Å². The van der Waals surface area contributed by atoms with Crippen LogP contribution in [0.2, 0.25) is 0 Å². The maximum atomic E-state index is 13.7. The number of hydrogen-bond donors (Lipinski definition) is 3. The highest BCUT2D eigenvalue weighted by atomic mass is 32.2. The first-order valence-electron chi connectivity index (χ1n) is 8.99. The normalized spacial score (nSPS) is 14.2. The Kier molecular flexibility index (Phi) is 7.45. The van der Waals surface area contributed by atoms with Gasteiger partial charge in [-0.25, -0.2) is 13.1 Å². The third-order valence-electron chi connectivity index (χ3n) is 4.68. The molecule has 0 amide bonds. The van der Waals surface area contributed by atoms with Crippen molar-refractivity contribution in [2.24, 2.45) is 11.8 Å². The number of sulfonamides is 1. The lowest BCUT2D eigenvalue weighted by atomic mass is 9.84. The fourth-order valence-corrected chi connectivity index (χ4v) is 4.31. The predicted octanol–water partition coefficient (Wildman–Crippen LogP) is 3.37. The molecule has 2 aromatic carbocycles. The molecule has 0 unspecified atom stereocenters. The Labute approximate surface area is 176 Å². The smallest absolute Gasteiger partial charge is 0.393 e. The average molecular weight is 459 g/mol. The molecule has 0 aromatic heterocycles. The van der Waals surface area contributed by atoms with Gasteiger partial charge in [-0.1, -0.05) is 48.0 Å². The van der Waals surface area contributed by atoms with Crippen LogP contribution in [0.1, 0.15) is 23.6 Å². The van der Waals surface area contributed by atoms with Gasteiger partial charge in [-0.3, -0.25) is 9.59 Å². The second-order valence-electron chi connectivity index (χ2n) is 6.94. The SMILES string of the molecule is Cc1ccc(S(=O)(=O)N[C@@H](C[C@@H](C(C(=O)O)C(=O)O)C(F)(F)F)c2ccccc2)cc1. The molecule has 0 saturated heterocycles. The van der Waals surface area contributed by atoms with Crippen LogP contribution in [0.3, 0.4) is 0 Å². The summed E-state index contributed by atoms with van der Waals surface area (Å²) in [6, 6.07) is 11.3. The van der Waals surface area contributed by atoms with Crippen LogP contribution in [0.25, 0.3) is 0 Å². The first-order chi connectivity index (χ1) is 14.3. The second-order valence-corrected chi connectivity index (χ2v) is 8.65. The molecule has 0 heterocycles. The molecule has 0 saturated carbocycles. The molecule has 31 heavy (non-hydrogen) atoms. The molecule has 7 nitrogen and oxygen atoms in total. The number of benzene rings is 2. The zero-order valence-corrected chi connectivity index (χ0v) is 17.0. The van der Waals surface area contributed by atoms with Crippen LogP contribution in [-0.2, 0) is 19.6 Å². The van der Waals surface area contributed by atoms with E-state index in [9.17, 15) is 31.2 Å². The van der Waals surface area contributed by atoms with Crippen molar-refractivity contribution in [2.75, 3.05) is 0 Å². The molecule has 0 bridgehead atoms. The molecule has 168 valence electrons. The Bertz CT molecular complexity index is 1010. The van der Waals surface area contributed by atoms with E-state index >= 15 is 0 Å². The third kappa shape index (κ3) is 6.28. The summed E-state index contributed by atoms with van der Waals surface area (Å²) < 4.78 is 68.7. The van der Waals surface area contributed by atoms with Crippen LogP contribution in [0.4, 0.5) is 13.2 Å². The van der Waals surface area contributed by atoms with Gasteiger partial charge in [0.1, 0.15) is 0 Å². The molecule has 2 aromatic rings. The number of alkyl halides is 3. The summed E-state index contributed by atoms with van der Waals surface area (Å²) in [7, 11) is -4.29. The van der Waals surface area contributed by atoms with Crippen LogP contribution in [0.5, 0.6) is 0 Å². The first kappa shape index (κ1) is 24.4. The lowest BCUT2D eigenvalue weighted by molar-refractivity contribution is -0.205. The lowest BCUT2D eigenvalue weighted by Crippen LogP contribution is -2.42. The predicted molar refractivity (Wildman–Crippen MR) is 104 cm³/mol. The molecule has 0 fully saturated rings. The summed E-state index contributed by atoms with van der Waals surface area (Å²) in [5.41, 5.74) is 0.892. The molecule has 0 radical (unpaired) electrons. The third-order valence-corrected chi connectivity index (χ3v) is 6.16. The van der Waals surface area contributed by atoms with Crippen molar-refractivity contribution in [3.05, 3.63) is 65.7 Å². The number of aryl methyl sites for hydroxylation is 1. The minimum atomic E-state index is -5.20. The molecule has 0 spiro atoms. The van der Waals surface area contributed by atoms with Crippen LogP contribution in [0.15, 0.2) is 59.5 Å². The maximum Gasteiger partial charge on any atom is 0.393 e. The van der Waals surface area contributed by atoms with Gasteiger partial charge in [0.25, 0.3) is 0 Å². The van der Waals surface area contributed by atoms with Gasteiger partial charge >= 0.3 is 18.1 Å². The molecule has 0 aliphatic rings. The fourth-order valence-electron chi connectivity index (χ4n) is 3.07. The van der Waals surface area contributed by atoms with E-state index < -0.39 is 52.4 Å². The molecule has 3 N–H and O–H groups in total. The first-order valence-corrected chi connectivity index (χ1v) is 10.5. The van der Waals surface area contributed by atoms with E-state index in [1.807, 2.05) is 0 Å². The quantitative estimate of drug-likeness (QED) is 0.495. The van der Waals surface area contributed by atoms with Crippen LogP contribution < -0.4 is 4.72 Å². The molecule has 2 rings (SSSR count). The van der Waals surface area contributed by atoms with Crippen molar-refractivity contribution in [1.82, 2.24) is 4.72 Å². The van der Waals surface area contributed by atoms with Gasteiger partial charge in [0, 0.05) is 6.04 Å². The van der Waals surface area contributed by atoms with E-state index in [4.69, 9.17) is 10.2 Å². The van der Waals surface area contributed by atoms with Gasteiger partial charge in [-0.15, -0.1) is 0 Å². The number of carbonyl (C=O) groups is 2. The van der Waals surface area contributed by atoms with Gasteiger partial charge in [0.05, 0.1) is 10.8 Å². The monoisotopic (exact) mass is 459 g/mol. The van der Waals surface area contributed by atoms with Crippen LogP contribution in [-0.4, -0.2) is 36.7 Å². The van der Waals surface area contributed by atoms with E-state index in [-0.39, 0.29) is 10.5 Å². The van der Waals surface area contributed by atoms with Crippen molar-refractivity contribution in [1.29, 1.82) is 0 Å². The Hall–Kier alpha value is -2.92. The van der Waals surface area contributed by atoms with Gasteiger partial charge in [-0.05, 0) is 31.0 Å². The minimum absolute atomic E-state index is 0.127. The number of nitrogens with one attached hydrogen (secondary N) is 1. The summed E-state index contributed by atoms with van der Waals surface area (Å²) in [4.78, 5) is 22.3. The number of hydrogen-bond acceptors (Lipinski definition) is 4. The summed E-state index contributed by atoms with van der Waals surface area (Å²) in [6.45, 7) is 1.72. The van der Waals surface area contributed by atoms with Gasteiger partial charge in [-0.2, -0.15) is 13.2 Å². The van der Waals surface area contributed by atoms with Gasteiger partial charge < -0.3 is 10.2 Å². The Morgan fingerprint density at radius 1 is 0.968 bits per heavy atom. The fraction of sp³-hybridized carbons (Fsp3) is 0.300. The number of halogens is 3. The van der Waals surface area contributed by atoms with E-state index in [0.29, 0.717) is 0 Å². The lowest BCUT2D eigenvalue weighted by Gasteiger charge is -2.28. The summed E-state index contributed by atoms with van der Waals surface area (Å²) >= 11 is 0. The molecular formula is C20H20F3NO6S. The summed E-state index contributed by atoms with van der Waals surface area (Å²) in [5.74, 6) is -9.96. The Morgan fingerprint density at radius 2 is 1.48 bits per heavy atom. The number of aliphatic carboxylic acids is 2. The highest BCUT2D eigenvalue weighted by Gasteiger charge is 2.52. The van der Waals surface area contributed by atoms with Crippen molar-refractivity contribution >= 4 is 22.0 Å². The molecule has 0 aliphatic carbocycles. The number of carboxylic acids is 2. The highest BCUT2D eigenvalue weighted by molar-refractivity contribution is 7.89. The number of carboxylic acid groups (broad SMARTS) is 2. The maximum absolute atomic E-state index is 13.7. The van der Waals surface area contributed by atoms with Crippen LogP contribution >= 0.6 is 0 Å². The Morgan fingerprint density at radius 3 is 1.94 bits per heavy atom. The molecule has 0 aliphatic heterocycles. The number of rotatable bonds is 9. The summed E-state index contributed by atoms with van der Waals surface area (Å²) in [6.07, 6.45) is -6.33. The highest BCUT2D eigenvalue weighted by Crippen LogP contribution is 2.39. The van der Waals surface area contributed by atoms with Gasteiger partial charge in [0.15, 0.2) is 5.92 Å². The van der Waals surface area contributed by atoms with Crippen molar-refractivity contribution in [2.45, 2.75) is 30.5 Å². The van der Waals surface area contributed by atoms with Gasteiger partial charge in [0.2, 0.25) is 10.0 Å². The second kappa shape index (κ2) is 9.48. The topological polar surface area (TPSA) is 121 Å². The largest absolute Gasteiger partial charge is 0.481 e. The van der Waals surface area contributed by atoms with Crippen LogP contribution in [0, 0.1) is 18.8 Å². The van der Waals surface area contributed by atoms with E-state index in [1.54, 1.807) is 13.0 Å². The molecular weight excluding hydrogens is 439 g/mol. The zero-order valence-electron chi connectivity index (χ0n) is 16.2. The van der Waals surface area contributed by atoms with Crippen molar-refractivity contribution in [3.63, 3.8) is 0 Å². The average Bonchev–Trinajstić information content (AvgIpc) is 2.66. The Balaban J connectivity index is 2.49. The standard InChI is InChI=1S/C20H20F3NO6S/c1-12-7-9-14(10-8-12)31(29,30)24-16(13-5-3-2-4-6-13)11-15(20(21,22)23)17(18(25)26)19(27)28/h2-10,15-17,24H,11H2,1H3,(H,25,26)(H,27,28)/t15-,16-/m0/s1. The zero-order chi connectivity index (χ0) is 23.4. The van der Waals surface area contributed by atoms with E-state index in [1.165, 1.54) is 48.5 Å². The molecule has 2 atom stereocenters. The van der Waals surface area contributed by atoms with E-state index in [2.05, 4.69) is 4.72 Å². The van der Waals surface area contributed by atoms with Crippen molar-refractivity contribution in [3.8, 4) is 0 Å². The minimum Gasteiger partial charge on any atom is -0.481 e. The summed E-state index contributed by atoms with van der Waals surface area (Å²) in [5, 5.41) is 18.2. The van der Waals surface area contributed by atoms with E-state index in [0.717, 1.165) is 5.56 Å².